The highest BCUT2D eigenvalue weighted by atomic mass is 32.2. The Kier molecular flexibility index (Phi) is 5.95. The van der Waals surface area contributed by atoms with E-state index in [-0.39, 0.29) is 29.9 Å². The molecule has 1 fully saturated rings. The zero-order chi connectivity index (χ0) is 22.9. The number of carbonyl (C=O) groups is 1. The van der Waals surface area contributed by atoms with Gasteiger partial charge in [0.15, 0.2) is 0 Å². The number of ether oxygens (including phenoxy) is 1. The van der Waals surface area contributed by atoms with Crippen LogP contribution in [0, 0.1) is 0 Å². The molecule has 7 nitrogen and oxygen atoms in total. The van der Waals surface area contributed by atoms with Gasteiger partial charge in [0, 0.05) is 25.2 Å². The van der Waals surface area contributed by atoms with Gasteiger partial charge in [-0.15, -0.1) is 13.2 Å². The van der Waals surface area contributed by atoms with E-state index in [1.807, 2.05) is 0 Å². The minimum Gasteiger partial charge on any atom is -0.406 e. The number of hydrogen-bond donors (Lipinski definition) is 1. The molecule has 170 valence electrons. The second-order valence-electron chi connectivity index (χ2n) is 7.52. The summed E-state index contributed by atoms with van der Waals surface area (Å²) in [6.45, 7) is 0.154. The molecule has 4 rings (SSSR count). The number of aromatic nitrogens is 1. The van der Waals surface area contributed by atoms with E-state index in [9.17, 15) is 26.4 Å². The van der Waals surface area contributed by atoms with E-state index in [4.69, 9.17) is 0 Å². The van der Waals surface area contributed by atoms with Crippen molar-refractivity contribution in [3.63, 3.8) is 0 Å². The minimum atomic E-state index is -4.91. The van der Waals surface area contributed by atoms with Crippen LogP contribution in [-0.2, 0) is 10.0 Å². The van der Waals surface area contributed by atoms with Crippen LogP contribution in [0.4, 0.5) is 13.2 Å². The van der Waals surface area contributed by atoms with Crippen molar-refractivity contribution in [2.75, 3.05) is 13.1 Å². The number of carbonyl (C=O) groups excluding carboxylic acids is 1. The quantitative estimate of drug-likeness (QED) is 0.704. The molecule has 0 bridgehead atoms. The van der Waals surface area contributed by atoms with Gasteiger partial charge in [0.1, 0.15) is 11.4 Å². The Morgan fingerprint density at radius 3 is 2.56 bits per heavy atom. The number of benzene rings is 1. The Labute approximate surface area is 182 Å². The second kappa shape index (κ2) is 8.55. The fourth-order valence-electron chi connectivity index (χ4n) is 3.31. The first-order chi connectivity index (χ1) is 15.1. The van der Waals surface area contributed by atoms with Crippen molar-refractivity contribution >= 4 is 21.5 Å². The zero-order valence-electron chi connectivity index (χ0n) is 16.8. The Hall–Kier alpha value is -2.92. The Morgan fingerprint density at radius 1 is 1.16 bits per heavy atom. The molecule has 1 N–H and O–H groups in total. The third-order valence-electron chi connectivity index (χ3n) is 5.07. The monoisotopic (exact) mass is 467 g/mol. The summed E-state index contributed by atoms with van der Waals surface area (Å²) in [5, 5.41) is 2.87. The van der Waals surface area contributed by atoms with E-state index < -0.39 is 22.1 Å². The Bertz CT molecular complexity index is 1160. The van der Waals surface area contributed by atoms with Gasteiger partial charge in [-0.3, -0.25) is 4.79 Å². The molecule has 2 aromatic rings. The first kappa shape index (κ1) is 22.3. The van der Waals surface area contributed by atoms with Gasteiger partial charge in [-0.05, 0) is 49.1 Å². The summed E-state index contributed by atoms with van der Waals surface area (Å²) in [5.41, 5.74) is 1.68. The normalized spacial score (nSPS) is 17.5. The molecule has 32 heavy (non-hydrogen) atoms. The van der Waals surface area contributed by atoms with E-state index in [0.29, 0.717) is 17.8 Å². The SMILES string of the molecule is O=C(NC1CC1)c1cccc(C2=CCN(S(=O)(=O)c3cccc(OC(F)(F)F)c3)CC2)n1. The lowest BCUT2D eigenvalue weighted by Gasteiger charge is -2.26. The number of nitrogens with zero attached hydrogens (tertiary/aromatic N) is 2. The predicted octanol–water partition coefficient (Wildman–Crippen LogP) is 3.35. The lowest BCUT2D eigenvalue weighted by molar-refractivity contribution is -0.274. The lowest BCUT2D eigenvalue weighted by Crippen LogP contribution is -2.34. The number of nitrogens with one attached hydrogen (secondary N) is 1. The molecule has 1 aromatic carbocycles. The molecule has 0 saturated heterocycles. The molecular weight excluding hydrogens is 447 g/mol. The number of amides is 1. The number of hydrogen-bond acceptors (Lipinski definition) is 5. The van der Waals surface area contributed by atoms with Crippen LogP contribution in [0.15, 0.2) is 53.4 Å². The number of rotatable bonds is 6. The molecule has 1 saturated carbocycles. The molecule has 2 heterocycles. The number of pyridine rings is 1. The van der Waals surface area contributed by atoms with Crippen LogP contribution in [-0.4, -0.2) is 49.1 Å². The largest absolute Gasteiger partial charge is 0.573 e. The van der Waals surface area contributed by atoms with Crippen LogP contribution < -0.4 is 10.1 Å². The van der Waals surface area contributed by atoms with Crippen molar-refractivity contribution in [3.05, 3.63) is 59.9 Å². The Morgan fingerprint density at radius 2 is 1.91 bits per heavy atom. The number of alkyl halides is 3. The molecule has 1 amide bonds. The summed E-state index contributed by atoms with van der Waals surface area (Å²) in [4.78, 5) is 16.3. The molecule has 1 aromatic heterocycles. The molecule has 1 aliphatic carbocycles. The van der Waals surface area contributed by atoms with Crippen LogP contribution in [0.1, 0.15) is 35.4 Å². The summed E-state index contributed by atoms with van der Waals surface area (Å²) < 4.78 is 68.1. The topological polar surface area (TPSA) is 88.6 Å². The fourth-order valence-corrected chi connectivity index (χ4v) is 4.73. The van der Waals surface area contributed by atoms with Crippen LogP contribution in [0.3, 0.4) is 0 Å². The molecule has 1 aliphatic heterocycles. The lowest BCUT2D eigenvalue weighted by atomic mass is 10.1. The third-order valence-corrected chi connectivity index (χ3v) is 6.93. The third kappa shape index (κ3) is 5.28. The van der Waals surface area contributed by atoms with Gasteiger partial charge in [0.25, 0.3) is 5.91 Å². The van der Waals surface area contributed by atoms with E-state index in [2.05, 4.69) is 15.0 Å². The molecule has 0 spiro atoms. The summed E-state index contributed by atoms with van der Waals surface area (Å²) in [6, 6.07) is 9.62. The maximum atomic E-state index is 12.9. The zero-order valence-corrected chi connectivity index (χ0v) is 17.6. The van der Waals surface area contributed by atoms with Crippen LogP contribution in [0.5, 0.6) is 5.75 Å². The summed E-state index contributed by atoms with van der Waals surface area (Å²) in [7, 11) is -4.02. The predicted molar refractivity (Wildman–Crippen MR) is 109 cm³/mol. The van der Waals surface area contributed by atoms with Crippen molar-refractivity contribution in [2.45, 2.75) is 36.6 Å². The van der Waals surface area contributed by atoms with Crippen LogP contribution >= 0.6 is 0 Å². The highest BCUT2D eigenvalue weighted by Crippen LogP contribution is 2.29. The summed E-state index contributed by atoms with van der Waals surface area (Å²) in [6.07, 6.45) is -0.943. The maximum Gasteiger partial charge on any atom is 0.573 e. The van der Waals surface area contributed by atoms with Gasteiger partial charge >= 0.3 is 6.36 Å². The standard InChI is InChI=1S/C21H20F3N3O4S/c22-21(23,24)31-16-3-1-4-17(13-16)32(29,30)27-11-9-14(10-12-27)18-5-2-6-19(26-18)20(28)25-15-7-8-15/h1-6,9,13,15H,7-8,10-12H2,(H,25,28). The minimum absolute atomic E-state index is 0.0300. The van der Waals surface area contributed by atoms with Crippen molar-refractivity contribution < 1.29 is 31.1 Å². The van der Waals surface area contributed by atoms with E-state index >= 15 is 0 Å². The van der Waals surface area contributed by atoms with Crippen molar-refractivity contribution in [3.8, 4) is 5.75 Å². The molecule has 0 radical (unpaired) electrons. The van der Waals surface area contributed by atoms with E-state index in [1.54, 1.807) is 24.3 Å². The van der Waals surface area contributed by atoms with Crippen molar-refractivity contribution in [1.82, 2.24) is 14.6 Å². The molecule has 11 heteroatoms. The average molecular weight is 467 g/mol. The number of halogens is 3. The van der Waals surface area contributed by atoms with Crippen LogP contribution in [0.25, 0.3) is 5.57 Å². The first-order valence-corrected chi connectivity index (χ1v) is 11.4. The molecule has 0 atom stereocenters. The van der Waals surface area contributed by atoms with Gasteiger partial charge in [-0.1, -0.05) is 18.2 Å². The van der Waals surface area contributed by atoms with Gasteiger partial charge in [0.05, 0.1) is 10.6 Å². The van der Waals surface area contributed by atoms with Gasteiger partial charge < -0.3 is 10.1 Å². The van der Waals surface area contributed by atoms with Gasteiger partial charge in [0.2, 0.25) is 10.0 Å². The average Bonchev–Trinajstić information content (AvgIpc) is 3.57. The van der Waals surface area contributed by atoms with E-state index in [1.165, 1.54) is 16.4 Å². The van der Waals surface area contributed by atoms with Crippen molar-refractivity contribution in [2.24, 2.45) is 0 Å². The summed E-state index contributed by atoms with van der Waals surface area (Å²) >= 11 is 0. The van der Waals surface area contributed by atoms with E-state index in [0.717, 1.165) is 30.5 Å². The molecule has 0 unspecified atom stereocenters. The van der Waals surface area contributed by atoms with Crippen molar-refractivity contribution in [1.29, 1.82) is 0 Å². The van der Waals surface area contributed by atoms with Gasteiger partial charge in [-0.2, -0.15) is 4.31 Å². The van der Waals surface area contributed by atoms with Crippen LogP contribution in [0.2, 0.25) is 0 Å². The second-order valence-corrected chi connectivity index (χ2v) is 9.46. The fraction of sp³-hybridized carbons (Fsp3) is 0.333. The molecule has 2 aliphatic rings. The Balaban J connectivity index is 1.48. The first-order valence-electron chi connectivity index (χ1n) is 9.95. The molecular formula is C21H20F3N3O4S. The highest BCUT2D eigenvalue weighted by molar-refractivity contribution is 7.89. The smallest absolute Gasteiger partial charge is 0.406 e. The number of sulfonamides is 1. The summed E-state index contributed by atoms with van der Waals surface area (Å²) in [5.74, 6) is -0.840. The highest BCUT2D eigenvalue weighted by Gasteiger charge is 2.32. The van der Waals surface area contributed by atoms with Gasteiger partial charge in [-0.25, -0.2) is 13.4 Å². The maximum absolute atomic E-state index is 12.9.